The molecule has 1 aromatic rings. The maximum atomic E-state index is 12.4. The Hall–Kier alpha value is -2.55. The minimum Gasteiger partial charge on any atom is -0.376 e. The van der Waals surface area contributed by atoms with Gasteiger partial charge >= 0.3 is 0 Å². The number of aryl methyl sites for hydroxylation is 1. The topological polar surface area (TPSA) is 94.0 Å². The lowest BCUT2D eigenvalue weighted by Crippen LogP contribution is -2.49. The SMILES string of the molecule is Cc1ccc(C(=O)NC2CC2)cc1NCC(=O)NC1(C#N)CCCCCC1. The van der Waals surface area contributed by atoms with Gasteiger partial charge in [0, 0.05) is 17.3 Å². The molecule has 144 valence electrons. The van der Waals surface area contributed by atoms with E-state index in [4.69, 9.17) is 0 Å². The number of nitrogens with zero attached hydrogens (tertiary/aromatic N) is 1. The van der Waals surface area contributed by atoms with Crippen LogP contribution in [0.5, 0.6) is 0 Å². The van der Waals surface area contributed by atoms with E-state index in [-0.39, 0.29) is 18.4 Å². The molecule has 27 heavy (non-hydrogen) atoms. The average Bonchev–Trinajstić information content (AvgIpc) is 3.49. The molecular formula is C21H28N4O2. The molecule has 0 heterocycles. The fourth-order valence-electron chi connectivity index (χ4n) is 3.53. The number of nitriles is 1. The molecule has 0 saturated heterocycles. The third-order valence-electron chi connectivity index (χ3n) is 5.40. The van der Waals surface area contributed by atoms with Crippen molar-refractivity contribution < 1.29 is 9.59 Å². The predicted octanol–water partition coefficient (Wildman–Crippen LogP) is 3.03. The highest BCUT2D eigenvalue weighted by molar-refractivity contribution is 5.96. The van der Waals surface area contributed by atoms with Crippen LogP contribution >= 0.6 is 0 Å². The van der Waals surface area contributed by atoms with Gasteiger partial charge in [0.05, 0.1) is 12.6 Å². The van der Waals surface area contributed by atoms with E-state index in [2.05, 4.69) is 22.0 Å². The van der Waals surface area contributed by atoms with Crippen LogP contribution in [-0.2, 0) is 4.79 Å². The zero-order chi connectivity index (χ0) is 19.3. The summed E-state index contributed by atoms with van der Waals surface area (Å²) in [5.41, 5.74) is 1.58. The van der Waals surface area contributed by atoms with Crippen molar-refractivity contribution in [1.82, 2.24) is 10.6 Å². The summed E-state index contributed by atoms with van der Waals surface area (Å²) >= 11 is 0. The second-order valence-corrected chi connectivity index (χ2v) is 7.79. The number of carbonyl (C=O) groups excluding carboxylic acids is 2. The van der Waals surface area contributed by atoms with E-state index in [1.807, 2.05) is 13.0 Å². The standard InChI is InChI=1S/C21H28N4O2/c1-15-6-7-16(20(27)24-17-8-9-17)12-18(15)23-13-19(26)25-21(14-22)10-4-2-3-5-11-21/h6-7,12,17,23H,2-5,8-11,13H2,1H3,(H,24,27)(H,25,26). The summed E-state index contributed by atoms with van der Waals surface area (Å²) in [4.78, 5) is 24.7. The Balaban J connectivity index is 1.59. The predicted molar refractivity (Wildman–Crippen MR) is 104 cm³/mol. The molecule has 0 aliphatic heterocycles. The fraction of sp³-hybridized carbons (Fsp3) is 0.571. The summed E-state index contributed by atoms with van der Waals surface area (Å²) in [6.07, 6.45) is 7.69. The van der Waals surface area contributed by atoms with Crippen molar-refractivity contribution in [1.29, 1.82) is 5.26 Å². The molecule has 2 fully saturated rings. The van der Waals surface area contributed by atoms with E-state index in [1.165, 1.54) is 0 Å². The Morgan fingerprint density at radius 2 is 1.89 bits per heavy atom. The van der Waals surface area contributed by atoms with E-state index in [9.17, 15) is 14.9 Å². The lowest BCUT2D eigenvalue weighted by atomic mass is 9.92. The van der Waals surface area contributed by atoms with Gasteiger partial charge in [-0.2, -0.15) is 5.26 Å². The number of benzene rings is 1. The maximum Gasteiger partial charge on any atom is 0.251 e. The van der Waals surface area contributed by atoms with Crippen LogP contribution in [0.1, 0.15) is 67.3 Å². The summed E-state index contributed by atoms with van der Waals surface area (Å²) in [6.45, 7) is 2.02. The van der Waals surface area contributed by atoms with Gasteiger partial charge in [0.2, 0.25) is 5.91 Å². The molecule has 2 saturated carbocycles. The maximum absolute atomic E-state index is 12.4. The first-order valence-electron chi connectivity index (χ1n) is 9.89. The highest BCUT2D eigenvalue weighted by Gasteiger charge is 2.32. The molecule has 6 nitrogen and oxygen atoms in total. The number of anilines is 1. The van der Waals surface area contributed by atoms with Gasteiger partial charge in [-0.15, -0.1) is 0 Å². The Kier molecular flexibility index (Phi) is 6.00. The number of amides is 2. The summed E-state index contributed by atoms with van der Waals surface area (Å²) in [7, 11) is 0. The van der Waals surface area contributed by atoms with Crippen molar-refractivity contribution in [3.63, 3.8) is 0 Å². The molecule has 3 N–H and O–H groups in total. The van der Waals surface area contributed by atoms with Crippen LogP contribution in [0.2, 0.25) is 0 Å². The molecule has 2 amide bonds. The van der Waals surface area contributed by atoms with E-state index >= 15 is 0 Å². The van der Waals surface area contributed by atoms with Gasteiger partial charge in [0.1, 0.15) is 5.54 Å². The monoisotopic (exact) mass is 368 g/mol. The molecule has 0 aromatic heterocycles. The van der Waals surface area contributed by atoms with Gasteiger partial charge in [-0.1, -0.05) is 31.7 Å². The number of carbonyl (C=O) groups is 2. The van der Waals surface area contributed by atoms with Crippen molar-refractivity contribution >= 4 is 17.5 Å². The second kappa shape index (κ2) is 8.43. The summed E-state index contributed by atoms with van der Waals surface area (Å²) < 4.78 is 0. The lowest BCUT2D eigenvalue weighted by Gasteiger charge is -2.26. The molecule has 3 rings (SSSR count). The molecular weight excluding hydrogens is 340 g/mol. The molecule has 1 aromatic carbocycles. The second-order valence-electron chi connectivity index (χ2n) is 7.79. The van der Waals surface area contributed by atoms with E-state index < -0.39 is 5.54 Å². The number of hydrogen-bond donors (Lipinski definition) is 3. The zero-order valence-electron chi connectivity index (χ0n) is 15.9. The molecule has 2 aliphatic carbocycles. The Morgan fingerprint density at radius 1 is 1.19 bits per heavy atom. The fourth-order valence-corrected chi connectivity index (χ4v) is 3.53. The summed E-state index contributed by atoms with van der Waals surface area (Å²) in [5, 5.41) is 18.6. The first-order valence-corrected chi connectivity index (χ1v) is 9.89. The molecule has 0 bridgehead atoms. The van der Waals surface area contributed by atoms with Crippen LogP contribution < -0.4 is 16.0 Å². The normalized spacial score (nSPS) is 18.7. The number of rotatable bonds is 6. The van der Waals surface area contributed by atoms with Crippen molar-refractivity contribution in [3.05, 3.63) is 29.3 Å². The smallest absolute Gasteiger partial charge is 0.251 e. The molecule has 2 aliphatic rings. The number of hydrogen-bond acceptors (Lipinski definition) is 4. The first-order chi connectivity index (χ1) is 13.0. The van der Waals surface area contributed by atoms with Gasteiger partial charge in [0.15, 0.2) is 0 Å². The zero-order valence-corrected chi connectivity index (χ0v) is 15.9. The van der Waals surface area contributed by atoms with Crippen molar-refractivity contribution in [3.8, 4) is 6.07 Å². The van der Waals surface area contributed by atoms with Gasteiger partial charge in [0.25, 0.3) is 5.91 Å². The van der Waals surface area contributed by atoms with Gasteiger partial charge in [-0.3, -0.25) is 9.59 Å². The largest absolute Gasteiger partial charge is 0.376 e. The van der Waals surface area contributed by atoms with Gasteiger partial charge in [-0.05, 0) is 50.3 Å². The average molecular weight is 368 g/mol. The summed E-state index contributed by atoms with van der Waals surface area (Å²) in [6, 6.07) is 8.10. The highest BCUT2D eigenvalue weighted by atomic mass is 16.2. The Morgan fingerprint density at radius 3 is 2.52 bits per heavy atom. The van der Waals surface area contributed by atoms with Crippen molar-refractivity contribution in [2.45, 2.75) is 69.9 Å². The molecule has 6 heteroatoms. The Bertz CT molecular complexity index is 741. The Labute approximate surface area is 160 Å². The summed E-state index contributed by atoms with van der Waals surface area (Å²) in [5.74, 6) is -0.266. The third-order valence-corrected chi connectivity index (χ3v) is 5.40. The van der Waals surface area contributed by atoms with Gasteiger partial charge < -0.3 is 16.0 Å². The molecule has 0 spiro atoms. The quantitative estimate of drug-likeness (QED) is 0.673. The van der Waals surface area contributed by atoms with Crippen LogP contribution in [0.4, 0.5) is 5.69 Å². The highest BCUT2D eigenvalue weighted by Crippen LogP contribution is 2.26. The third kappa shape index (κ3) is 5.22. The lowest BCUT2D eigenvalue weighted by molar-refractivity contribution is -0.120. The number of nitrogens with one attached hydrogen (secondary N) is 3. The van der Waals surface area contributed by atoms with E-state index in [0.29, 0.717) is 24.4 Å². The first kappa shape index (κ1) is 19.2. The van der Waals surface area contributed by atoms with Gasteiger partial charge in [-0.25, -0.2) is 0 Å². The van der Waals surface area contributed by atoms with Crippen LogP contribution in [0, 0.1) is 18.3 Å². The minimum atomic E-state index is -0.740. The van der Waals surface area contributed by atoms with Crippen molar-refractivity contribution in [2.75, 3.05) is 11.9 Å². The van der Waals surface area contributed by atoms with Crippen LogP contribution in [0.3, 0.4) is 0 Å². The minimum absolute atomic E-state index is 0.0770. The molecule has 0 unspecified atom stereocenters. The molecule has 0 atom stereocenters. The van der Waals surface area contributed by atoms with E-state index in [0.717, 1.165) is 49.8 Å². The van der Waals surface area contributed by atoms with Crippen LogP contribution in [0.25, 0.3) is 0 Å². The van der Waals surface area contributed by atoms with Crippen LogP contribution in [0.15, 0.2) is 18.2 Å². The molecule has 0 radical (unpaired) electrons. The van der Waals surface area contributed by atoms with Crippen LogP contribution in [-0.4, -0.2) is 29.9 Å². The van der Waals surface area contributed by atoms with Crippen molar-refractivity contribution in [2.24, 2.45) is 0 Å². The van der Waals surface area contributed by atoms with E-state index in [1.54, 1.807) is 12.1 Å².